The van der Waals surface area contributed by atoms with E-state index in [-0.39, 0.29) is 17.7 Å². The van der Waals surface area contributed by atoms with Crippen LogP contribution in [-0.4, -0.2) is 29.9 Å². The second-order valence-electron chi connectivity index (χ2n) is 8.46. The lowest BCUT2D eigenvalue weighted by Gasteiger charge is -2.36. The largest absolute Gasteiger partial charge is 0.461 e. The van der Waals surface area contributed by atoms with Gasteiger partial charge in [-0.3, -0.25) is 4.79 Å². The topological polar surface area (TPSA) is 55.4 Å². The fraction of sp³-hybridized carbons (Fsp3) is 0.333. The summed E-state index contributed by atoms with van der Waals surface area (Å²) in [5.41, 5.74) is 4.79. The third-order valence-electron chi connectivity index (χ3n) is 6.24. The van der Waals surface area contributed by atoms with Crippen LogP contribution >= 0.6 is 39.3 Å². The average molecular weight is 561 g/mol. The van der Waals surface area contributed by atoms with E-state index in [1.54, 1.807) is 11.8 Å². The van der Waals surface area contributed by atoms with E-state index in [1.165, 1.54) is 0 Å². The van der Waals surface area contributed by atoms with E-state index < -0.39 is 5.92 Å². The van der Waals surface area contributed by atoms with Crippen molar-refractivity contribution in [1.82, 2.24) is 5.32 Å². The number of thioether (sulfide) groups is 1. The van der Waals surface area contributed by atoms with Gasteiger partial charge in [0.05, 0.1) is 5.57 Å². The summed E-state index contributed by atoms with van der Waals surface area (Å²) in [4.78, 5) is 26.9. The Bertz CT molecular complexity index is 1160. The summed E-state index contributed by atoms with van der Waals surface area (Å²) in [6.07, 6.45) is 1.08. The minimum Gasteiger partial charge on any atom is -0.461 e. The van der Waals surface area contributed by atoms with Gasteiger partial charge < -0.3 is 10.1 Å². The first-order chi connectivity index (χ1) is 16.4. The van der Waals surface area contributed by atoms with Crippen LogP contribution in [0.4, 0.5) is 0 Å². The molecule has 0 spiro atoms. The molecular formula is C27H27BrClNO3S. The number of ether oxygens (including phenoxy) is 1. The number of benzene rings is 2. The zero-order valence-electron chi connectivity index (χ0n) is 19.2. The number of allylic oxidation sites excluding steroid dienone is 3. The van der Waals surface area contributed by atoms with Gasteiger partial charge in [0.15, 0.2) is 5.78 Å². The van der Waals surface area contributed by atoms with Crippen LogP contribution in [0, 0.1) is 0 Å². The number of hydrogen-bond acceptors (Lipinski definition) is 5. The third kappa shape index (κ3) is 5.45. The number of halogens is 2. The molecule has 2 aromatic carbocycles. The molecule has 178 valence electrons. The summed E-state index contributed by atoms with van der Waals surface area (Å²) >= 11 is 11.3. The van der Waals surface area contributed by atoms with Crippen LogP contribution < -0.4 is 5.32 Å². The first kappa shape index (κ1) is 25.1. The van der Waals surface area contributed by atoms with E-state index in [2.05, 4.69) is 28.2 Å². The maximum absolute atomic E-state index is 13.6. The van der Waals surface area contributed by atoms with Crippen LogP contribution in [0.2, 0.25) is 5.02 Å². The number of carbonyl (C=O) groups is 2. The number of ketones is 1. The Morgan fingerprint density at radius 3 is 2.65 bits per heavy atom. The van der Waals surface area contributed by atoms with Crippen molar-refractivity contribution >= 4 is 51.0 Å². The number of esters is 1. The molecular weight excluding hydrogens is 534 g/mol. The average Bonchev–Trinajstić information content (AvgIpc) is 2.81. The summed E-state index contributed by atoms with van der Waals surface area (Å²) in [5.74, 6) is 1.01. The number of Topliss-reactive ketones (excluding diaryl/α,β-unsaturated/α-hetero) is 1. The Hall–Kier alpha value is -2.02. The van der Waals surface area contributed by atoms with E-state index in [0.29, 0.717) is 35.6 Å². The van der Waals surface area contributed by atoms with Crippen LogP contribution in [0.5, 0.6) is 0 Å². The highest BCUT2D eigenvalue weighted by Gasteiger charge is 2.41. The monoisotopic (exact) mass is 559 g/mol. The number of carbonyl (C=O) groups excluding carboxylic acids is 2. The van der Waals surface area contributed by atoms with Gasteiger partial charge in [0.2, 0.25) is 0 Å². The van der Waals surface area contributed by atoms with Gasteiger partial charge in [0.1, 0.15) is 6.61 Å². The van der Waals surface area contributed by atoms with Gasteiger partial charge in [0, 0.05) is 44.6 Å². The molecule has 1 aliphatic carbocycles. The van der Waals surface area contributed by atoms with Crippen LogP contribution in [-0.2, 0) is 14.3 Å². The van der Waals surface area contributed by atoms with Crippen LogP contribution in [0.25, 0.3) is 0 Å². The summed E-state index contributed by atoms with van der Waals surface area (Å²) in [7, 11) is 0. The molecule has 2 aromatic rings. The normalized spacial score (nSPS) is 20.2. The number of hydrogen-bond donors (Lipinski definition) is 1. The molecule has 0 saturated carbocycles. The van der Waals surface area contributed by atoms with Crippen molar-refractivity contribution in [2.75, 3.05) is 18.1 Å². The molecule has 0 bridgehead atoms. The smallest absolute Gasteiger partial charge is 0.336 e. The molecule has 2 aliphatic rings. The number of rotatable bonds is 7. The molecule has 0 amide bonds. The molecule has 1 aliphatic heterocycles. The highest BCUT2D eigenvalue weighted by molar-refractivity contribution is 9.10. The maximum atomic E-state index is 13.6. The van der Waals surface area contributed by atoms with E-state index in [9.17, 15) is 9.59 Å². The Morgan fingerprint density at radius 2 is 1.94 bits per heavy atom. The molecule has 7 heteroatoms. The minimum atomic E-state index is -0.459. The zero-order chi connectivity index (χ0) is 24.2. The molecule has 0 saturated heterocycles. The van der Waals surface area contributed by atoms with Gasteiger partial charge in [-0.1, -0.05) is 58.7 Å². The van der Waals surface area contributed by atoms with Gasteiger partial charge in [-0.25, -0.2) is 4.79 Å². The summed E-state index contributed by atoms with van der Waals surface area (Å²) < 4.78 is 6.54. The third-order valence-corrected chi connectivity index (χ3v) is 7.84. The molecule has 0 aromatic heterocycles. The molecule has 0 radical (unpaired) electrons. The summed E-state index contributed by atoms with van der Waals surface area (Å²) in [5, 5.41) is 4.08. The lowest BCUT2D eigenvalue weighted by atomic mass is 9.72. The van der Waals surface area contributed by atoms with E-state index in [0.717, 1.165) is 38.5 Å². The molecule has 1 N–H and O–H groups in total. The zero-order valence-corrected chi connectivity index (χ0v) is 22.4. The van der Waals surface area contributed by atoms with Crippen molar-refractivity contribution in [2.45, 2.75) is 38.5 Å². The first-order valence-electron chi connectivity index (χ1n) is 11.4. The molecule has 1 heterocycles. The SMILES string of the molecule is CCSCCOC(=O)C1=C(C)NC2=C(C(=O)C[C@@H](c3ccc(Cl)cc3)C2)[C@@H]1c1cccc(Br)c1. The predicted octanol–water partition coefficient (Wildman–Crippen LogP) is 6.76. The van der Waals surface area contributed by atoms with E-state index >= 15 is 0 Å². The second kappa shape index (κ2) is 11.1. The lowest BCUT2D eigenvalue weighted by molar-refractivity contribution is -0.138. The molecule has 2 atom stereocenters. The number of nitrogens with one attached hydrogen (secondary N) is 1. The standard InChI is InChI=1S/C27H27BrClNO3S/c1-3-34-12-11-33-27(32)24-16(2)30-22-14-19(17-7-9-21(29)10-8-17)15-23(31)26(22)25(24)18-5-4-6-20(28)13-18/h4-10,13,19,25,30H,3,11-12,14-15H2,1-2H3/t19-,25+/m0/s1. The molecule has 0 fully saturated rings. The van der Waals surface area contributed by atoms with Crippen molar-refractivity contribution in [3.05, 3.63) is 91.7 Å². The van der Waals surface area contributed by atoms with Crippen molar-refractivity contribution in [1.29, 1.82) is 0 Å². The van der Waals surface area contributed by atoms with Crippen molar-refractivity contribution in [2.24, 2.45) is 0 Å². The Balaban J connectivity index is 1.71. The van der Waals surface area contributed by atoms with Gasteiger partial charge in [-0.2, -0.15) is 11.8 Å². The van der Waals surface area contributed by atoms with Crippen molar-refractivity contribution in [3.8, 4) is 0 Å². The second-order valence-corrected chi connectivity index (χ2v) is 11.2. The molecule has 0 unspecified atom stereocenters. The van der Waals surface area contributed by atoms with Crippen LogP contribution in [0.15, 0.2) is 75.5 Å². The number of dihydropyridines is 1. The van der Waals surface area contributed by atoms with Crippen LogP contribution in [0.3, 0.4) is 0 Å². The first-order valence-corrected chi connectivity index (χ1v) is 13.7. The minimum absolute atomic E-state index is 0.0537. The maximum Gasteiger partial charge on any atom is 0.336 e. The van der Waals surface area contributed by atoms with Gasteiger partial charge in [0.25, 0.3) is 0 Å². The molecule has 4 rings (SSSR count). The predicted molar refractivity (Wildman–Crippen MR) is 142 cm³/mol. The van der Waals surface area contributed by atoms with Crippen LogP contribution in [0.1, 0.15) is 49.7 Å². The Morgan fingerprint density at radius 1 is 1.18 bits per heavy atom. The van der Waals surface area contributed by atoms with Crippen molar-refractivity contribution in [3.63, 3.8) is 0 Å². The summed E-state index contributed by atoms with van der Waals surface area (Å²) in [6, 6.07) is 15.5. The summed E-state index contributed by atoms with van der Waals surface area (Å²) in [6.45, 7) is 4.31. The molecule has 34 heavy (non-hydrogen) atoms. The van der Waals surface area contributed by atoms with Gasteiger partial charge in [-0.05, 0) is 60.4 Å². The van der Waals surface area contributed by atoms with E-state index in [4.69, 9.17) is 16.3 Å². The fourth-order valence-electron chi connectivity index (χ4n) is 4.72. The fourth-order valence-corrected chi connectivity index (χ4v) is 5.75. The Labute approximate surface area is 218 Å². The van der Waals surface area contributed by atoms with Crippen molar-refractivity contribution < 1.29 is 14.3 Å². The van der Waals surface area contributed by atoms with E-state index in [1.807, 2.05) is 55.5 Å². The highest BCUT2D eigenvalue weighted by atomic mass is 79.9. The quantitative estimate of drug-likeness (QED) is 0.299. The Kier molecular flexibility index (Phi) is 8.22. The lowest BCUT2D eigenvalue weighted by Crippen LogP contribution is -2.36. The molecule has 4 nitrogen and oxygen atoms in total. The van der Waals surface area contributed by atoms with Gasteiger partial charge >= 0.3 is 5.97 Å². The highest BCUT2D eigenvalue weighted by Crippen LogP contribution is 2.46. The van der Waals surface area contributed by atoms with Gasteiger partial charge in [-0.15, -0.1) is 0 Å².